The van der Waals surface area contributed by atoms with Crippen LogP contribution >= 0.6 is 0 Å². The number of carbonyl (C=O) groups excluding carboxylic acids is 1. The van der Waals surface area contributed by atoms with Gasteiger partial charge in [0.25, 0.3) is 5.91 Å². The lowest BCUT2D eigenvalue weighted by atomic mass is 10.2. The standard InChI is InChI=1S/C19H19F3N2O4S/c20-19(21,22)16-5-7-23-9-17(16)29(27)15-6-8-24(10-15)18(26)12-28-14-3-1-13(11-25)2-4-14/h1-5,7,9,15,25H,6,8,10-12H2/t15-,29+/m1/s1. The first kappa shape index (κ1) is 21.3. The van der Waals surface area contributed by atoms with Gasteiger partial charge < -0.3 is 14.7 Å². The van der Waals surface area contributed by atoms with Crippen molar-refractivity contribution in [2.24, 2.45) is 0 Å². The molecule has 156 valence electrons. The molecule has 0 radical (unpaired) electrons. The monoisotopic (exact) mass is 428 g/mol. The number of benzene rings is 1. The average Bonchev–Trinajstić information content (AvgIpc) is 3.21. The fourth-order valence-electron chi connectivity index (χ4n) is 3.01. The van der Waals surface area contributed by atoms with Gasteiger partial charge in [-0.25, -0.2) is 0 Å². The Morgan fingerprint density at radius 3 is 2.66 bits per heavy atom. The lowest BCUT2D eigenvalue weighted by Crippen LogP contribution is -2.34. The molecule has 2 atom stereocenters. The third-order valence-electron chi connectivity index (χ3n) is 4.58. The van der Waals surface area contributed by atoms with Gasteiger partial charge in [0.05, 0.1) is 33.1 Å². The van der Waals surface area contributed by atoms with Gasteiger partial charge in [-0.2, -0.15) is 13.2 Å². The number of halogens is 3. The molecule has 6 nitrogen and oxygen atoms in total. The summed E-state index contributed by atoms with van der Waals surface area (Å²) in [5.74, 6) is 0.123. The number of hydrogen-bond donors (Lipinski definition) is 1. The first-order valence-electron chi connectivity index (χ1n) is 8.81. The van der Waals surface area contributed by atoms with Crippen LogP contribution in [0.2, 0.25) is 0 Å². The first-order valence-corrected chi connectivity index (χ1v) is 10.0. The highest BCUT2D eigenvalue weighted by Gasteiger charge is 2.38. The highest BCUT2D eigenvalue weighted by Crippen LogP contribution is 2.34. The second-order valence-electron chi connectivity index (χ2n) is 6.51. The van der Waals surface area contributed by atoms with Crippen molar-refractivity contribution < 1.29 is 32.0 Å². The number of alkyl halides is 3. The molecular weight excluding hydrogens is 409 g/mol. The quantitative estimate of drug-likeness (QED) is 0.764. The third kappa shape index (κ3) is 5.13. The van der Waals surface area contributed by atoms with Crippen LogP contribution < -0.4 is 4.74 Å². The van der Waals surface area contributed by atoms with Crippen LogP contribution in [0.1, 0.15) is 17.5 Å². The van der Waals surface area contributed by atoms with Gasteiger partial charge in [-0.05, 0) is 30.2 Å². The van der Waals surface area contributed by atoms with E-state index < -0.39 is 27.8 Å². The normalized spacial score (nSPS) is 17.9. The Labute approximate surface area is 167 Å². The summed E-state index contributed by atoms with van der Waals surface area (Å²) in [5, 5.41) is 8.41. The maximum atomic E-state index is 13.2. The second-order valence-corrected chi connectivity index (χ2v) is 8.21. The minimum Gasteiger partial charge on any atom is -0.484 e. The van der Waals surface area contributed by atoms with Crippen LogP contribution in [0.25, 0.3) is 0 Å². The topological polar surface area (TPSA) is 79.7 Å². The van der Waals surface area contributed by atoms with Crippen LogP contribution in [0.5, 0.6) is 5.75 Å². The average molecular weight is 428 g/mol. The smallest absolute Gasteiger partial charge is 0.417 e. The molecule has 1 aliphatic heterocycles. The number of nitrogens with zero attached hydrogens (tertiary/aromatic N) is 2. The van der Waals surface area contributed by atoms with E-state index >= 15 is 0 Å². The van der Waals surface area contributed by atoms with Crippen LogP contribution in [0.15, 0.2) is 47.6 Å². The Bertz CT molecular complexity index is 890. The van der Waals surface area contributed by atoms with Crippen LogP contribution in [0.3, 0.4) is 0 Å². The number of aliphatic hydroxyl groups excluding tert-OH is 1. The Kier molecular flexibility index (Phi) is 6.53. The van der Waals surface area contributed by atoms with Gasteiger partial charge in [0, 0.05) is 25.5 Å². The molecule has 1 saturated heterocycles. The van der Waals surface area contributed by atoms with E-state index in [4.69, 9.17) is 9.84 Å². The Balaban J connectivity index is 1.59. The highest BCUT2D eigenvalue weighted by molar-refractivity contribution is 7.85. The number of aromatic nitrogens is 1. The molecule has 29 heavy (non-hydrogen) atoms. The number of amides is 1. The number of carbonyl (C=O) groups is 1. The number of ether oxygens (including phenoxy) is 1. The van der Waals surface area contributed by atoms with Crippen LogP contribution in [-0.2, 0) is 28.4 Å². The summed E-state index contributed by atoms with van der Waals surface area (Å²) in [6.07, 6.45) is -2.31. The van der Waals surface area contributed by atoms with E-state index in [0.717, 1.165) is 18.5 Å². The molecule has 0 unspecified atom stereocenters. The van der Waals surface area contributed by atoms with Gasteiger partial charge in [0.2, 0.25) is 0 Å². The zero-order valence-electron chi connectivity index (χ0n) is 15.3. The van der Waals surface area contributed by atoms with Crippen molar-refractivity contribution in [3.05, 3.63) is 53.9 Å². The molecule has 0 bridgehead atoms. The molecule has 0 spiro atoms. The molecule has 2 aromatic rings. The summed E-state index contributed by atoms with van der Waals surface area (Å²) >= 11 is 0. The SMILES string of the molecule is O=C(COc1ccc(CO)cc1)N1CC[C@@H]([S@](=O)c2cnccc2C(F)(F)F)C1. The molecule has 0 aliphatic carbocycles. The summed E-state index contributed by atoms with van der Waals surface area (Å²) in [6, 6.07) is 7.40. The van der Waals surface area contributed by atoms with E-state index in [1.807, 2.05) is 0 Å². The minimum absolute atomic E-state index is 0.0877. The number of rotatable bonds is 6. The molecule has 3 rings (SSSR count). The van der Waals surface area contributed by atoms with Gasteiger partial charge in [-0.1, -0.05) is 12.1 Å². The Morgan fingerprint density at radius 2 is 2.00 bits per heavy atom. The van der Waals surface area contributed by atoms with E-state index in [2.05, 4.69) is 4.98 Å². The molecule has 1 amide bonds. The van der Waals surface area contributed by atoms with Crippen molar-refractivity contribution in [3.63, 3.8) is 0 Å². The van der Waals surface area contributed by atoms with E-state index in [-0.39, 0.29) is 30.6 Å². The lowest BCUT2D eigenvalue weighted by molar-refractivity contribution is -0.140. The number of likely N-dealkylation sites (tertiary alicyclic amines) is 1. The predicted octanol–water partition coefficient (Wildman–Crippen LogP) is 2.38. The maximum absolute atomic E-state index is 13.2. The van der Waals surface area contributed by atoms with Gasteiger partial charge in [-0.15, -0.1) is 0 Å². The van der Waals surface area contributed by atoms with Gasteiger partial charge in [0.15, 0.2) is 6.61 Å². The number of hydrogen-bond acceptors (Lipinski definition) is 5. The molecule has 1 fully saturated rings. The first-order chi connectivity index (χ1) is 13.8. The zero-order chi connectivity index (χ0) is 21.0. The minimum atomic E-state index is -4.62. The summed E-state index contributed by atoms with van der Waals surface area (Å²) in [5.41, 5.74) is -0.257. The highest BCUT2D eigenvalue weighted by atomic mass is 32.2. The van der Waals surface area contributed by atoms with Crippen LogP contribution in [0, 0.1) is 0 Å². The molecule has 1 aromatic carbocycles. The van der Waals surface area contributed by atoms with Crippen molar-refractivity contribution in [2.75, 3.05) is 19.7 Å². The fourth-order valence-corrected chi connectivity index (χ4v) is 4.57. The van der Waals surface area contributed by atoms with Gasteiger partial charge in [-0.3, -0.25) is 14.0 Å². The number of pyridine rings is 1. The second kappa shape index (κ2) is 8.91. The van der Waals surface area contributed by atoms with Crippen molar-refractivity contribution >= 4 is 16.7 Å². The molecule has 1 aliphatic rings. The van der Waals surface area contributed by atoms with Crippen LogP contribution in [0.4, 0.5) is 13.2 Å². The van der Waals surface area contributed by atoms with Crippen molar-refractivity contribution in [1.82, 2.24) is 9.88 Å². The van der Waals surface area contributed by atoms with Gasteiger partial charge in [0.1, 0.15) is 5.75 Å². The molecule has 0 saturated carbocycles. The van der Waals surface area contributed by atoms with Crippen molar-refractivity contribution in [3.8, 4) is 5.75 Å². The fraction of sp³-hybridized carbons (Fsp3) is 0.368. The van der Waals surface area contributed by atoms with E-state index in [0.29, 0.717) is 24.3 Å². The van der Waals surface area contributed by atoms with E-state index in [9.17, 15) is 22.2 Å². The molecule has 1 aromatic heterocycles. The van der Waals surface area contributed by atoms with E-state index in [1.54, 1.807) is 24.3 Å². The molecular formula is C19H19F3N2O4S. The molecule has 10 heteroatoms. The predicted molar refractivity (Wildman–Crippen MR) is 98.5 cm³/mol. The Morgan fingerprint density at radius 1 is 1.28 bits per heavy atom. The number of aliphatic hydroxyl groups is 1. The largest absolute Gasteiger partial charge is 0.484 e. The van der Waals surface area contributed by atoms with Crippen LogP contribution in [-0.4, -0.2) is 50.1 Å². The molecule has 1 N–H and O–H groups in total. The summed E-state index contributed by atoms with van der Waals surface area (Å²) in [7, 11) is -1.94. The molecule has 2 heterocycles. The van der Waals surface area contributed by atoms with E-state index in [1.165, 1.54) is 4.90 Å². The van der Waals surface area contributed by atoms with Crippen molar-refractivity contribution in [1.29, 1.82) is 0 Å². The third-order valence-corrected chi connectivity index (χ3v) is 6.32. The van der Waals surface area contributed by atoms with Crippen molar-refractivity contribution in [2.45, 2.75) is 29.3 Å². The summed E-state index contributed by atoms with van der Waals surface area (Å²) in [4.78, 5) is 17.1. The summed E-state index contributed by atoms with van der Waals surface area (Å²) in [6.45, 7) is 0.0468. The lowest BCUT2D eigenvalue weighted by Gasteiger charge is -2.18. The zero-order valence-corrected chi connectivity index (χ0v) is 16.1. The Hall–Kier alpha value is -2.46. The van der Waals surface area contributed by atoms with Gasteiger partial charge >= 0.3 is 6.18 Å². The summed E-state index contributed by atoms with van der Waals surface area (Å²) < 4.78 is 57.6. The maximum Gasteiger partial charge on any atom is 0.417 e.